The van der Waals surface area contributed by atoms with Crippen LogP contribution < -0.4 is 4.74 Å². The lowest BCUT2D eigenvalue weighted by Crippen LogP contribution is -2.13. The van der Waals surface area contributed by atoms with Gasteiger partial charge in [-0.15, -0.1) is 0 Å². The van der Waals surface area contributed by atoms with E-state index >= 15 is 0 Å². The van der Waals surface area contributed by atoms with Crippen molar-refractivity contribution in [2.45, 2.75) is 6.04 Å². The summed E-state index contributed by atoms with van der Waals surface area (Å²) in [6, 6.07) is 9.40. The Kier molecular flexibility index (Phi) is 4.41. The minimum absolute atomic E-state index is 0.364. The van der Waals surface area contributed by atoms with E-state index < -0.39 is 6.04 Å². The maximum atomic E-state index is 8.71. The fraction of sp³-hybridized carbons (Fsp3) is 0.167. The highest BCUT2D eigenvalue weighted by atomic mass is 16.5. The molecule has 1 N–H and O–H groups in total. The van der Waals surface area contributed by atoms with Crippen LogP contribution in [-0.2, 0) is 0 Å². The van der Waals surface area contributed by atoms with Gasteiger partial charge in [-0.25, -0.2) is 0 Å². The number of benzene rings is 1. The molecule has 0 amide bonds. The van der Waals surface area contributed by atoms with E-state index in [0.717, 1.165) is 11.3 Å². The number of hydrogen-bond acceptors (Lipinski definition) is 5. The SMILES string of the molecule is COc1ccc(C=NC(C#N)C(=N)C#N)cc1. The highest BCUT2D eigenvalue weighted by Crippen LogP contribution is 2.09. The van der Waals surface area contributed by atoms with Crippen LogP contribution >= 0.6 is 0 Å². The molecule has 5 heteroatoms. The van der Waals surface area contributed by atoms with Crippen LogP contribution in [0.15, 0.2) is 29.3 Å². The molecule has 1 aromatic carbocycles. The van der Waals surface area contributed by atoms with Gasteiger partial charge in [0.25, 0.3) is 0 Å². The van der Waals surface area contributed by atoms with Crippen LogP contribution in [0.4, 0.5) is 0 Å². The molecule has 84 valence electrons. The second-order valence-corrected chi connectivity index (χ2v) is 3.11. The summed E-state index contributed by atoms with van der Waals surface area (Å²) >= 11 is 0. The molecule has 5 nitrogen and oxygen atoms in total. The first-order valence-electron chi connectivity index (χ1n) is 4.76. The van der Waals surface area contributed by atoms with Crippen LogP contribution in [0.25, 0.3) is 0 Å². The van der Waals surface area contributed by atoms with E-state index in [1.807, 2.05) is 0 Å². The largest absolute Gasteiger partial charge is 0.497 e. The van der Waals surface area contributed by atoms with Crippen LogP contribution in [0.1, 0.15) is 5.56 Å². The zero-order chi connectivity index (χ0) is 12.7. The Morgan fingerprint density at radius 1 is 1.41 bits per heavy atom. The number of methoxy groups -OCH3 is 1. The fourth-order valence-corrected chi connectivity index (χ4v) is 1.08. The summed E-state index contributed by atoms with van der Waals surface area (Å²) in [6.45, 7) is 0. The third-order valence-electron chi connectivity index (χ3n) is 2.00. The molecule has 0 saturated heterocycles. The van der Waals surface area contributed by atoms with E-state index in [9.17, 15) is 0 Å². The molecule has 17 heavy (non-hydrogen) atoms. The van der Waals surface area contributed by atoms with Gasteiger partial charge in [0.1, 0.15) is 17.5 Å². The Bertz CT molecular complexity index is 505. The van der Waals surface area contributed by atoms with Gasteiger partial charge in [0.15, 0.2) is 6.04 Å². The number of aliphatic imine (C=N–C) groups is 1. The van der Waals surface area contributed by atoms with E-state index in [1.54, 1.807) is 43.5 Å². The quantitative estimate of drug-likeness (QED) is 0.789. The third-order valence-corrected chi connectivity index (χ3v) is 2.00. The topological polar surface area (TPSA) is 93.0 Å². The van der Waals surface area contributed by atoms with Gasteiger partial charge in [0.05, 0.1) is 13.2 Å². The average molecular weight is 226 g/mol. The van der Waals surface area contributed by atoms with Crippen molar-refractivity contribution in [3.8, 4) is 17.9 Å². The van der Waals surface area contributed by atoms with Crippen molar-refractivity contribution < 1.29 is 4.74 Å². The van der Waals surface area contributed by atoms with Gasteiger partial charge in [-0.1, -0.05) is 0 Å². The van der Waals surface area contributed by atoms with Gasteiger partial charge in [-0.3, -0.25) is 10.4 Å². The van der Waals surface area contributed by atoms with Crippen molar-refractivity contribution in [2.75, 3.05) is 7.11 Å². The molecule has 0 heterocycles. The molecular formula is C12H10N4O. The molecular weight excluding hydrogens is 216 g/mol. The first-order chi connectivity index (χ1) is 8.21. The summed E-state index contributed by atoms with van der Waals surface area (Å²) in [5.74, 6) is 0.726. The highest BCUT2D eigenvalue weighted by molar-refractivity contribution is 6.03. The van der Waals surface area contributed by atoms with E-state index in [4.69, 9.17) is 20.7 Å². The van der Waals surface area contributed by atoms with Gasteiger partial charge in [-0.05, 0) is 29.8 Å². The van der Waals surface area contributed by atoms with Crippen molar-refractivity contribution in [1.82, 2.24) is 0 Å². The Labute approximate surface area is 99.1 Å². The molecule has 0 radical (unpaired) electrons. The van der Waals surface area contributed by atoms with Crippen molar-refractivity contribution >= 4 is 11.9 Å². The Balaban J connectivity index is 2.79. The lowest BCUT2D eigenvalue weighted by atomic mass is 10.2. The van der Waals surface area contributed by atoms with Crippen molar-refractivity contribution in [1.29, 1.82) is 15.9 Å². The van der Waals surface area contributed by atoms with Gasteiger partial charge >= 0.3 is 0 Å². The number of nitrogens with zero attached hydrogens (tertiary/aromatic N) is 3. The molecule has 1 atom stereocenters. The van der Waals surface area contributed by atoms with Crippen molar-refractivity contribution in [2.24, 2.45) is 4.99 Å². The smallest absolute Gasteiger partial charge is 0.187 e. The van der Waals surface area contributed by atoms with Crippen LogP contribution in [0.5, 0.6) is 5.75 Å². The number of hydrogen-bond donors (Lipinski definition) is 1. The maximum Gasteiger partial charge on any atom is 0.187 e. The van der Waals surface area contributed by atoms with E-state index in [2.05, 4.69) is 4.99 Å². The molecule has 0 fully saturated rings. The Hall–Kier alpha value is -2.66. The zero-order valence-electron chi connectivity index (χ0n) is 9.21. The summed E-state index contributed by atoms with van der Waals surface area (Å²) < 4.78 is 5.00. The lowest BCUT2D eigenvalue weighted by Gasteiger charge is -2.00. The molecule has 0 aliphatic rings. The number of nitriles is 2. The third kappa shape index (κ3) is 3.44. The van der Waals surface area contributed by atoms with Crippen LogP contribution in [-0.4, -0.2) is 25.1 Å². The molecule has 0 bridgehead atoms. The predicted octanol–water partition coefficient (Wildman–Crippen LogP) is 1.55. The van der Waals surface area contributed by atoms with Gasteiger partial charge in [0.2, 0.25) is 0 Å². The molecule has 0 aliphatic heterocycles. The minimum Gasteiger partial charge on any atom is -0.497 e. The first kappa shape index (κ1) is 12.4. The number of ether oxygens (including phenoxy) is 1. The Morgan fingerprint density at radius 3 is 2.53 bits per heavy atom. The van der Waals surface area contributed by atoms with Crippen molar-refractivity contribution in [3.63, 3.8) is 0 Å². The number of rotatable bonds is 4. The van der Waals surface area contributed by atoms with Crippen LogP contribution in [0, 0.1) is 28.1 Å². The summed E-state index contributed by atoms with van der Waals surface area (Å²) in [6.07, 6.45) is 1.46. The highest BCUT2D eigenvalue weighted by Gasteiger charge is 2.09. The van der Waals surface area contributed by atoms with Crippen LogP contribution in [0.2, 0.25) is 0 Å². The zero-order valence-corrected chi connectivity index (χ0v) is 9.21. The predicted molar refractivity (Wildman–Crippen MR) is 63.3 cm³/mol. The van der Waals surface area contributed by atoms with Crippen molar-refractivity contribution in [3.05, 3.63) is 29.8 Å². The monoisotopic (exact) mass is 226 g/mol. The summed E-state index contributed by atoms with van der Waals surface area (Å²) in [4.78, 5) is 3.86. The molecule has 1 unspecified atom stereocenters. The molecule has 0 saturated carbocycles. The summed E-state index contributed by atoms with van der Waals surface area (Å²) in [5, 5.41) is 24.4. The van der Waals surface area contributed by atoms with Crippen LogP contribution in [0.3, 0.4) is 0 Å². The van der Waals surface area contributed by atoms with Gasteiger partial charge < -0.3 is 4.74 Å². The molecule has 1 aromatic rings. The van der Waals surface area contributed by atoms with Gasteiger partial charge in [0, 0.05) is 6.21 Å². The molecule has 1 rings (SSSR count). The maximum absolute atomic E-state index is 8.71. The molecule has 0 aliphatic carbocycles. The fourth-order valence-electron chi connectivity index (χ4n) is 1.08. The standard InChI is InChI=1S/C12H10N4O/c1-17-10-4-2-9(3-5-10)8-16-12(7-14)11(15)6-13/h2-5,8,12,15H,1H3. The second kappa shape index (κ2) is 6.04. The number of nitrogens with one attached hydrogen (secondary N) is 1. The lowest BCUT2D eigenvalue weighted by molar-refractivity contribution is 0.415. The van der Waals surface area contributed by atoms with E-state index in [-0.39, 0.29) is 5.71 Å². The second-order valence-electron chi connectivity index (χ2n) is 3.11. The van der Waals surface area contributed by atoms with E-state index in [1.165, 1.54) is 6.21 Å². The Morgan fingerprint density at radius 2 is 2.06 bits per heavy atom. The molecule has 0 spiro atoms. The summed E-state index contributed by atoms with van der Waals surface area (Å²) in [5.41, 5.74) is 0.411. The minimum atomic E-state index is -1.04. The van der Waals surface area contributed by atoms with Gasteiger partial charge in [-0.2, -0.15) is 10.5 Å². The molecule has 0 aromatic heterocycles. The average Bonchev–Trinajstić information content (AvgIpc) is 2.39. The normalized spacial score (nSPS) is 11.5. The first-order valence-corrected chi connectivity index (χ1v) is 4.76. The van der Waals surface area contributed by atoms with E-state index in [0.29, 0.717) is 0 Å². The summed E-state index contributed by atoms with van der Waals surface area (Å²) in [7, 11) is 1.57.